The van der Waals surface area contributed by atoms with E-state index in [0.717, 1.165) is 55.5 Å². The van der Waals surface area contributed by atoms with Gasteiger partial charge >= 0.3 is 6.09 Å². The van der Waals surface area contributed by atoms with Gasteiger partial charge in [-0.05, 0) is 82.1 Å². The van der Waals surface area contributed by atoms with E-state index < -0.39 is 15.7 Å². The Morgan fingerprint density at radius 3 is 2.44 bits per heavy atom. The molecule has 0 bridgehead atoms. The van der Waals surface area contributed by atoms with Crippen molar-refractivity contribution in [1.82, 2.24) is 9.47 Å². The van der Waals surface area contributed by atoms with Crippen molar-refractivity contribution in [3.63, 3.8) is 0 Å². The molecule has 2 aromatic heterocycles. The number of fused-ring (bicyclic) bond motifs is 3. The third-order valence-corrected chi connectivity index (χ3v) is 9.57. The van der Waals surface area contributed by atoms with E-state index in [4.69, 9.17) is 8.92 Å². The predicted octanol–water partition coefficient (Wildman–Crippen LogP) is 8.37. The first-order valence-electron chi connectivity index (χ1n) is 14.9. The number of thiophene rings is 1. The maximum absolute atomic E-state index is 12.5. The number of aryl methyl sites for hydroxylation is 2. The lowest BCUT2D eigenvalue weighted by molar-refractivity contribution is 0.0285. The Kier molecular flexibility index (Phi) is 9.40. The summed E-state index contributed by atoms with van der Waals surface area (Å²) in [5.74, 6) is 6.17. The molecule has 0 aliphatic carbocycles. The van der Waals surface area contributed by atoms with Crippen LogP contribution in [0.2, 0.25) is 0 Å². The number of carbonyl (C=O) groups excluding carboxylic acids is 1. The maximum Gasteiger partial charge on any atom is 0.410 e. The lowest BCUT2D eigenvalue weighted by Crippen LogP contribution is -2.33. The minimum atomic E-state index is -3.79. The van der Waals surface area contributed by atoms with E-state index in [9.17, 15) is 13.2 Å². The van der Waals surface area contributed by atoms with Gasteiger partial charge in [-0.15, -0.1) is 11.3 Å². The molecule has 0 fully saturated rings. The van der Waals surface area contributed by atoms with Crippen LogP contribution in [0.1, 0.15) is 50.8 Å². The molecule has 0 atom stereocenters. The average molecular weight is 643 g/mol. The molecule has 234 valence electrons. The third kappa shape index (κ3) is 7.59. The van der Waals surface area contributed by atoms with Crippen molar-refractivity contribution in [3.8, 4) is 22.3 Å². The molecule has 0 saturated carbocycles. The second-order valence-electron chi connectivity index (χ2n) is 12.0. The van der Waals surface area contributed by atoms with Gasteiger partial charge in [0.25, 0.3) is 10.1 Å². The lowest BCUT2D eigenvalue weighted by atomic mass is 10.1. The Labute approximate surface area is 269 Å². The van der Waals surface area contributed by atoms with Gasteiger partial charge in [0.1, 0.15) is 5.60 Å². The van der Waals surface area contributed by atoms with Gasteiger partial charge in [0.05, 0.1) is 11.5 Å². The highest BCUT2D eigenvalue weighted by atomic mass is 32.2. The van der Waals surface area contributed by atoms with Crippen LogP contribution in [0.5, 0.6) is 0 Å². The number of hydrogen-bond acceptors (Lipinski definition) is 6. The highest BCUT2D eigenvalue weighted by molar-refractivity contribution is 7.86. The van der Waals surface area contributed by atoms with Gasteiger partial charge in [0.2, 0.25) is 0 Å². The minimum absolute atomic E-state index is 0.00254. The molecule has 2 heterocycles. The number of ether oxygens (including phenoxy) is 1. The standard InChI is InChI=1S/C36H38N2O5S2/c1-7-38-32-18-13-26(23-37(6)35(39)43-36(3,4)5)20-31(32)30-17-14-28(22-33(30)38)34-21-27(24-44-34)10-8-9-19-42-45(40,41)29-15-11-25(2)12-16-29/h11-18,20-22,24H,7,9,19,23H2,1-6H3. The fourth-order valence-corrected chi connectivity index (χ4v) is 6.86. The fraction of sp³-hybridized carbons (Fsp3) is 0.306. The van der Waals surface area contributed by atoms with Crippen LogP contribution in [0.4, 0.5) is 4.79 Å². The van der Waals surface area contributed by atoms with Crippen molar-refractivity contribution in [1.29, 1.82) is 0 Å². The SMILES string of the molecule is CCn1c2ccc(CN(C)C(=O)OC(C)(C)C)cc2c2ccc(-c3cc(C#CCCOS(=O)(=O)c4ccc(C)cc4)cs3)cc21. The molecule has 45 heavy (non-hydrogen) atoms. The van der Waals surface area contributed by atoms with Gasteiger partial charge in [-0.2, -0.15) is 8.42 Å². The van der Waals surface area contributed by atoms with Crippen LogP contribution in [-0.2, 0) is 32.1 Å². The molecule has 5 aromatic rings. The normalized spacial score (nSPS) is 11.9. The Morgan fingerprint density at radius 2 is 1.73 bits per heavy atom. The molecular formula is C36H38N2O5S2. The second-order valence-corrected chi connectivity index (χ2v) is 14.5. The fourth-order valence-electron chi connectivity index (χ4n) is 5.11. The number of aromatic nitrogens is 1. The number of amides is 1. The second kappa shape index (κ2) is 13.1. The summed E-state index contributed by atoms with van der Waals surface area (Å²) in [7, 11) is -2.04. The predicted molar refractivity (Wildman–Crippen MR) is 182 cm³/mol. The van der Waals surface area contributed by atoms with Crippen molar-refractivity contribution >= 4 is 49.4 Å². The van der Waals surface area contributed by atoms with Crippen molar-refractivity contribution < 1.29 is 22.1 Å². The number of rotatable bonds is 8. The van der Waals surface area contributed by atoms with Crippen LogP contribution in [0.15, 0.2) is 77.0 Å². The van der Waals surface area contributed by atoms with Crippen LogP contribution in [0, 0.1) is 18.8 Å². The van der Waals surface area contributed by atoms with E-state index in [2.05, 4.69) is 65.8 Å². The molecule has 3 aromatic carbocycles. The Bertz CT molecular complexity index is 2020. The van der Waals surface area contributed by atoms with E-state index in [-0.39, 0.29) is 17.6 Å². The average Bonchev–Trinajstić information content (AvgIpc) is 3.58. The molecule has 1 amide bonds. The molecular weight excluding hydrogens is 605 g/mol. The number of benzene rings is 3. The summed E-state index contributed by atoms with van der Waals surface area (Å²) in [5.41, 5.74) is 5.77. The summed E-state index contributed by atoms with van der Waals surface area (Å²) in [6.07, 6.45) is -0.0448. The highest BCUT2D eigenvalue weighted by Crippen LogP contribution is 2.35. The molecule has 0 unspecified atom stereocenters. The van der Waals surface area contributed by atoms with Crippen molar-refractivity contribution in [3.05, 3.63) is 88.8 Å². The van der Waals surface area contributed by atoms with Crippen LogP contribution in [0.3, 0.4) is 0 Å². The topological polar surface area (TPSA) is 77.8 Å². The zero-order valence-corrected chi connectivity index (χ0v) is 28.1. The summed E-state index contributed by atoms with van der Waals surface area (Å²) < 4.78 is 37.7. The van der Waals surface area contributed by atoms with Crippen molar-refractivity contribution in [2.75, 3.05) is 13.7 Å². The first kappa shape index (κ1) is 32.3. The highest BCUT2D eigenvalue weighted by Gasteiger charge is 2.20. The molecule has 5 rings (SSSR count). The zero-order valence-electron chi connectivity index (χ0n) is 26.5. The van der Waals surface area contributed by atoms with E-state index in [1.54, 1.807) is 47.5 Å². The number of nitrogens with zero attached hydrogens (tertiary/aromatic N) is 2. The lowest BCUT2D eigenvalue weighted by Gasteiger charge is -2.24. The van der Waals surface area contributed by atoms with Crippen LogP contribution < -0.4 is 0 Å². The minimum Gasteiger partial charge on any atom is -0.444 e. The zero-order chi connectivity index (χ0) is 32.4. The van der Waals surface area contributed by atoms with E-state index >= 15 is 0 Å². The largest absolute Gasteiger partial charge is 0.444 e. The summed E-state index contributed by atoms with van der Waals surface area (Å²) in [6.45, 7) is 10.9. The summed E-state index contributed by atoms with van der Waals surface area (Å²) in [6, 6.07) is 21.5. The van der Waals surface area contributed by atoms with Gasteiger partial charge in [-0.1, -0.05) is 47.7 Å². The van der Waals surface area contributed by atoms with Crippen molar-refractivity contribution in [2.24, 2.45) is 0 Å². The van der Waals surface area contributed by atoms with E-state index in [1.165, 1.54) is 0 Å². The van der Waals surface area contributed by atoms with Gasteiger partial charge < -0.3 is 14.2 Å². The van der Waals surface area contributed by atoms with E-state index in [1.807, 2.05) is 33.1 Å². The van der Waals surface area contributed by atoms with Gasteiger partial charge in [0.15, 0.2) is 0 Å². The Hall–Kier alpha value is -4.10. The molecule has 7 nitrogen and oxygen atoms in total. The van der Waals surface area contributed by atoms with Gasteiger partial charge in [-0.25, -0.2) is 4.79 Å². The summed E-state index contributed by atoms with van der Waals surface area (Å²) in [4.78, 5) is 15.4. The quantitative estimate of drug-likeness (QED) is 0.0966. The summed E-state index contributed by atoms with van der Waals surface area (Å²) in [5, 5.41) is 4.33. The molecule has 9 heteroatoms. The smallest absolute Gasteiger partial charge is 0.410 e. The molecule has 0 spiro atoms. The van der Waals surface area contributed by atoms with Crippen LogP contribution in [-0.4, -0.2) is 43.2 Å². The molecule has 0 saturated heterocycles. The molecule has 0 N–H and O–H groups in total. The van der Waals surface area contributed by atoms with Gasteiger partial charge in [0, 0.05) is 64.2 Å². The van der Waals surface area contributed by atoms with Crippen LogP contribution >= 0.6 is 11.3 Å². The first-order valence-corrected chi connectivity index (χ1v) is 17.2. The Morgan fingerprint density at radius 1 is 0.978 bits per heavy atom. The molecule has 0 radical (unpaired) electrons. The monoisotopic (exact) mass is 642 g/mol. The summed E-state index contributed by atoms with van der Waals surface area (Å²) >= 11 is 1.63. The maximum atomic E-state index is 12.5. The van der Waals surface area contributed by atoms with Gasteiger partial charge in [-0.3, -0.25) is 4.18 Å². The third-order valence-electron chi connectivity index (χ3n) is 7.26. The number of carbonyl (C=O) groups is 1. The Balaban J connectivity index is 1.30. The van der Waals surface area contributed by atoms with Crippen molar-refractivity contribution in [2.45, 2.75) is 64.6 Å². The number of hydrogen-bond donors (Lipinski definition) is 0. The van der Waals surface area contributed by atoms with E-state index in [0.29, 0.717) is 13.0 Å². The first-order chi connectivity index (χ1) is 21.3. The molecule has 0 aliphatic rings. The van der Waals surface area contributed by atoms with Crippen LogP contribution in [0.25, 0.3) is 32.2 Å². The molecule has 0 aliphatic heterocycles.